The predicted molar refractivity (Wildman–Crippen MR) is 135 cm³/mol. The Morgan fingerprint density at radius 2 is 0.793 bits per heavy atom. The van der Waals surface area contributed by atoms with Gasteiger partial charge in [-0.3, -0.25) is 0 Å². The van der Waals surface area contributed by atoms with Crippen molar-refractivity contribution < 1.29 is 0 Å². The predicted octanol–water partition coefficient (Wildman–Crippen LogP) is 10.2. The zero-order chi connectivity index (χ0) is 21.9. The van der Waals surface area contributed by atoms with Crippen LogP contribution in [0, 0.1) is 0 Å². The van der Waals surface area contributed by atoms with Crippen LogP contribution in [0.4, 0.5) is 0 Å². The summed E-state index contributed by atoms with van der Waals surface area (Å²) in [6.07, 6.45) is 28.3. The van der Waals surface area contributed by atoms with Gasteiger partial charge in [-0.2, -0.15) is 0 Å². The van der Waals surface area contributed by atoms with Crippen LogP contribution in [0.5, 0.6) is 0 Å². The van der Waals surface area contributed by atoms with Crippen LogP contribution in [0.1, 0.15) is 113 Å². The van der Waals surface area contributed by atoms with E-state index >= 15 is 0 Å². The maximum atomic E-state index is 2.43. The van der Waals surface area contributed by atoms with Crippen LogP contribution in [-0.2, 0) is 0 Å². The molecule has 0 bridgehead atoms. The summed E-state index contributed by atoms with van der Waals surface area (Å²) in [5, 5.41) is 0. The fourth-order valence-electron chi connectivity index (χ4n) is 3.23. The van der Waals surface area contributed by atoms with Gasteiger partial charge in [0.25, 0.3) is 0 Å². The van der Waals surface area contributed by atoms with E-state index in [1.165, 1.54) is 92.1 Å². The van der Waals surface area contributed by atoms with Gasteiger partial charge in [0, 0.05) is 0 Å². The molecule has 0 saturated heterocycles. The molecule has 0 aromatic heterocycles. The summed E-state index contributed by atoms with van der Waals surface area (Å²) in [7, 11) is 0. The molecule has 0 aliphatic heterocycles. The minimum absolute atomic E-state index is 1.17. The minimum atomic E-state index is 1.17. The molecular formula is C29H48. The third kappa shape index (κ3) is 19.5. The van der Waals surface area contributed by atoms with Crippen molar-refractivity contribution in [3.8, 4) is 0 Å². The average Bonchev–Trinajstić information content (AvgIpc) is 2.65. The Kier molecular flexibility index (Phi) is 17.5. The lowest BCUT2D eigenvalue weighted by molar-refractivity contribution is 0.897. The summed E-state index contributed by atoms with van der Waals surface area (Å²) in [6, 6.07) is 0. The second-order valence-corrected chi connectivity index (χ2v) is 8.78. The third-order valence-electron chi connectivity index (χ3n) is 5.25. The number of unbranched alkanes of at least 4 members (excludes halogenated alkanes) is 1. The van der Waals surface area contributed by atoms with Crippen LogP contribution in [-0.4, -0.2) is 0 Å². The summed E-state index contributed by atoms with van der Waals surface area (Å²) in [4.78, 5) is 0. The van der Waals surface area contributed by atoms with Crippen LogP contribution >= 0.6 is 0 Å². The fourth-order valence-corrected chi connectivity index (χ4v) is 3.23. The number of rotatable bonds is 15. The molecule has 0 N–H and O–H groups in total. The van der Waals surface area contributed by atoms with Crippen LogP contribution in [0.15, 0.2) is 70.4 Å². The van der Waals surface area contributed by atoms with Gasteiger partial charge in [-0.25, -0.2) is 0 Å². The van der Waals surface area contributed by atoms with E-state index in [-0.39, 0.29) is 0 Å². The molecule has 29 heavy (non-hydrogen) atoms. The van der Waals surface area contributed by atoms with Gasteiger partial charge in [-0.15, -0.1) is 0 Å². The maximum absolute atomic E-state index is 2.43. The lowest BCUT2D eigenvalue weighted by Gasteiger charge is -2.02. The average molecular weight is 397 g/mol. The van der Waals surface area contributed by atoms with Gasteiger partial charge in [0.2, 0.25) is 0 Å². The van der Waals surface area contributed by atoms with Gasteiger partial charge in [0.1, 0.15) is 0 Å². The molecule has 0 unspecified atom stereocenters. The lowest BCUT2D eigenvalue weighted by atomic mass is 10.0. The first kappa shape index (κ1) is 27.4. The van der Waals surface area contributed by atoms with E-state index in [1.54, 1.807) is 0 Å². The van der Waals surface area contributed by atoms with E-state index in [9.17, 15) is 0 Å². The molecule has 0 heterocycles. The molecule has 0 fully saturated rings. The summed E-state index contributed by atoms with van der Waals surface area (Å²) in [6.45, 7) is 15.5. The molecule has 0 nitrogen and oxygen atoms in total. The Morgan fingerprint density at radius 3 is 1.17 bits per heavy atom. The van der Waals surface area contributed by atoms with Gasteiger partial charge in [-0.1, -0.05) is 70.4 Å². The zero-order valence-electron chi connectivity index (χ0n) is 20.6. The van der Waals surface area contributed by atoms with E-state index in [2.05, 4.69) is 91.0 Å². The molecule has 0 atom stereocenters. The van der Waals surface area contributed by atoms with E-state index in [0.717, 1.165) is 0 Å². The van der Waals surface area contributed by atoms with Gasteiger partial charge < -0.3 is 0 Å². The quantitative estimate of drug-likeness (QED) is 0.191. The van der Waals surface area contributed by atoms with Gasteiger partial charge in [0.05, 0.1) is 0 Å². The standard InChI is InChI=1S/C29H48/c1-8-9-10-17-26(4)21-14-22-27(5)18-11-12-19-28(6)23-15-24-29(7)20-13-16-25(2)3/h8-9,16,18-19,21,24H,10-15,17,20,22-23H2,1-7H3/b9-8-,26-21+,27-18+,28-19+,29-24+. The molecular weight excluding hydrogens is 348 g/mol. The lowest BCUT2D eigenvalue weighted by Crippen LogP contribution is -1.82. The maximum Gasteiger partial charge on any atom is -0.0288 e. The van der Waals surface area contributed by atoms with Crippen molar-refractivity contribution in [2.75, 3.05) is 0 Å². The molecule has 0 amide bonds. The van der Waals surface area contributed by atoms with Gasteiger partial charge in [0.15, 0.2) is 0 Å². The van der Waals surface area contributed by atoms with Crippen molar-refractivity contribution in [3.63, 3.8) is 0 Å². The van der Waals surface area contributed by atoms with Crippen molar-refractivity contribution in [3.05, 3.63) is 70.4 Å². The Morgan fingerprint density at radius 1 is 0.448 bits per heavy atom. The first-order valence-corrected chi connectivity index (χ1v) is 11.7. The van der Waals surface area contributed by atoms with Gasteiger partial charge >= 0.3 is 0 Å². The molecule has 0 saturated carbocycles. The summed E-state index contributed by atoms with van der Waals surface area (Å²) >= 11 is 0. The molecule has 0 spiro atoms. The normalized spacial score (nSPS) is 14.0. The number of hydrogen-bond acceptors (Lipinski definition) is 0. The van der Waals surface area contributed by atoms with Crippen molar-refractivity contribution in [2.45, 2.75) is 113 Å². The van der Waals surface area contributed by atoms with Crippen molar-refractivity contribution in [2.24, 2.45) is 0 Å². The van der Waals surface area contributed by atoms with Crippen LogP contribution in [0.2, 0.25) is 0 Å². The SMILES string of the molecule is C/C=C\CC/C(C)=C/CC/C(C)=C/CC/C=C(\C)CC/C=C(\C)CCC=C(C)C. The molecule has 0 aliphatic rings. The van der Waals surface area contributed by atoms with Crippen LogP contribution < -0.4 is 0 Å². The number of hydrogen-bond donors (Lipinski definition) is 0. The summed E-state index contributed by atoms with van der Waals surface area (Å²) < 4.78 is 0. The highest BCUT2D eigenvalue weighted by Gasteiger charge is 1.94. The third-order valence-corrected chi connectivity index (χ3v) is 5.25. The zero-order valence-corrected chi connectivity index (χ0v) is 20.6. The van der Waals surface area contributed by atoms with Crippen molar-refractivity contribution in [1.29, 1.82) is 0 Å². The Hall–Kier alpha value is -1.56. The second-order valence-electron chi connectivity index (χ2n) is 8.78. The van der Waals surface area contributed by atoms with E-state index in [0.29, 0.717) is 0 Å². The summed E-state index contributed by atoms with van der Waals surface area (Å²) in [5.74, 6) is 0. The highest BCUT2D eigenvalue weighted by Crippen LogP contribution is 2.14. The second kappa shape index (κ2) is 18.5. The van der Waals surface area contributed by atoms with E-state index < -0.39 is 0 Å². The number of allylic oxidation sites excluding steroid dienone is 12. The largest absolute Gasteiger partial charge is 0.0917 e. The van der Waals surface area contributed by atoms with E-state index in [4.69, 9.17) is 0 Å². The molecule has 164 valence electrons. The highest BCUT2D eigenvalue weighted by molar-refractivity contribution is 5.07. The first-order chi connectivity index (χ1) is 13.8. The molecule has 0 radical (unpaired) electrons. The monoisotopic (exact) mass is 396 g/mol. The highest BCUT2D eigenvalue weighted by atomic mass is 14.0. The molecule has 0 heteroatoms. The first-order valence-electron chi connectivity index (χ1n) is 11.7. The van der Waals surface area contributed by atoms with Crippen LogP contribution in [0.25, 0.3) is 0 Å². The Balaban J connectivity index is 4.02. The molecule has 0 aromatic carbocycles. The molecule has 0 rings (SSSR count). The van der Waals surface area contributed by atoms with E-state index in [1.807, 2.05) is 0 Å². The topological polar surface area (TPSA) is 0 Å². The van der Waals surface area contributed by atoms with Gasteiger partial charge in [-0.05, 0) is 113 Å². The fraction of sp³-hybridized carbons (Fsp3) is 0.586. The Labute approximate surface area is 183 Å². The van der Waals surface area contributed by atoms with Crippen LogP contribution in [0.3, 0.4) is 0 Å². The molecule has 0 aromatic rings. The Bertz CT molecular complexity index is 598. The minimum Gasteiger partial charge on any atom is -0.0917 e. The summed E-state index contributed by atoms with van der Waals surface area (Å²) in [5.41, 5.74) is 7.54. The van der Waals surface area contributed by atoms with Crippen molar-refractivity contribution >= 4 is 0 Å². The van der Waals surface area contributed by atoms with Crippen molar-refractivity contribution in [1.82, 2.24) is 0 Å². The molecule has 0 aliphatic carbocycles. The smallest absolute Gasteiger partial charge is 0.0288 e.